The molecule has 1 aliphatic heterocycles. The number of amides is 1. The summed E-state index contributed by atoms with van der Waals surface area (Å²) in [6.45, 7) is 8.76. The van der Waals surface area contributed by atoms with E-state index in [0.29, 0.717) is 30.6 Å². The number of nitrogens with zero attached hydrogens (tertiary/aromatic N) is 5. The van der Waals surface area contributed by atoms with Gasteiger partial charge >= 0.3 is 0 Å². The van der Waals surface area contributed by atoms with Gasteiger partial charge in [-0.2, -0.15) is 4.98 Å². The molecule has 0 bridgehead atoms. The Morgan fingerprint density at radius 2 is 1.72 bits per heavy atom. The summed E-state index contributed by atoms with van der Waals surface area (Å²) in [6, 6.07) is 11.5. The van der Waals surface area contributed by atoms with E-state index in [4.69, 9.17) is 9.05 Å². The Morgan fingerprint density at radius 1 is 1.00 bits per heavy atom. The van der Waals surface area contributed by atoms with Crippen LogP contribution in [0.5, 0.6) is 0 Å². The topological polar surface area (TPSA) is 88.5 Å². The molecule has 29 heavy (non-hydrogen) atoms. The van der Waals surface area contributed by atoms with Crippen LogP contribution in [0.15, 0.2) is 45.4 Å². The van der Waals surface area contributed by atoms with Crippen molar-refractivity contribution in [2.45, 2.75) is 32.7 Å². The van der Waals surface area contributed by atoms with Gasteiger partial charge in [0.2, 0.25) is 17.5 Å². The van der Waals surface area contributed by atoms with Crippen LogP contribution in [0, 0.1) is 0 Å². The number of aromatic nitrogens is 3. The third-order valence-corrected chi connectivity index (χ3v) is 5.31. The van der Waals surface area contributed by atoms with Crippen molar-refractivity contribution in [2.24, 2.45) is 0 Å². The number of hydrogen-bond donors (Lipinski definition) is 0. The van der Waals surface area contributed by atoms with Gasteiger partial charge in [-0.25, -0.2) is 0 Å². The molecule has 3 heterocycles. The Kier molecular flexibility index (Phi) is 5.44. The monoisotopic (exact) mass is 395 g/mol. The highest BCUT2D eigenvalue weighted by Crippen LogP contribution is 2.24. The zero-order valence-electron chi connectivity index (χ0n) is 16.9. The van der Waals surface area contributed by atoms with Gasteiger partial charge in [-0.05, 0) is 12.8 Å². The second-order valence-corrected chi connectivity index (χ2v) is 7.60. The summed E-state index contributed by atoms with van der Waals surface area (Å²) >= 11 is 0. The quantitative estimate of drug-likeness (QED) is 0.654. The van der Waals surface area contributed by atoms with Crippen LogP contribution in [0.3, 0.4) is 0 Å². The van der Waals surface area contributed by atoms with Gasteiger partial charge in [0.15, 0.2) is 0 Å². The van der Waals surface area contributed by atoms with Crippen molar-refractivity contribution in [3.63, 3.8) is 0 Å². The highest BCUT2D eigenvalue weighted by molar-refractivity contribution is 5.91. The van der Waals surface area contributed by atoms with Gasteiger partial charge in [-0.15, -0.1) is 0 Å². The van der Waals surface area contributed by atoms with Gasteiger partial charge in [-0.3, -0.25) is 9.69 Å². The Balaban J connectivity index is 1.36. The molecule has 2 aromatic heterocycles. The minimum Gasteiger partial charge on any atom is -0.351 e. The fourth-order valence-corrected chi connectivity index (χ4v) is 3.40. The summed E-state index contributed by atoms with van der Waals surface area (Å²) in [5.41, 5.74) is 1.73. The van der Waals surface area contributed by atoms with Crippen molar-refractivity contribution >= 4 is 5.91 Å². The maximum absolute atomic E-state index is 12.7. The summed E-state index contributed by atoms with van der Waals surface area (Å²) in [7, 11) is 0. The van der Waals surface area contributed by atoms with Crippen LogP contribution in [0.1, 0.15) is 54.9 Å². The molecular weight excluding hydrogens is 370 g/mol. The number of carbonyl (C=O) groups is 1. The molecule has 1 amide bonds. The summed E-state index contributed by atoms with van der Waals surface area (Å²) in [6.07, 6.45) is 0. The number of hydrogen-bond acceptors (Lipinski definition) is 7. The number of piperazine rings is 1. The largest absolute Gasteiger partial charge is 0.351 e. The summed E-state index contributed by atoms with van der Waals surface area (Å²) in [4.78, 5) is 21.3. The van der Waals surface area contributed by atoms with E-state index in [-0.39, 0.29) is 17.9 Å². The molecule has 1 saturated heterocycles. The summed E-state index contributed by atoms with van der Waals surface area (Å²) in [5, 5.41) is 8.09. The Morgan fingerprint density at radius 3 is 2.38 bits per heavy atom. The average molecular weight is 395 g/mol. The number of benzene rings is 1. The van der Waals surface area contributed by atoms with Crippen molar-refractivity contribution < 1.29 is 13.8 Å². The summed E-state index contributed by atoms with van der Waals surface area (Å²) in [5.74, 6) is 1.60. The Labute approximate surface area is 169 Å². The molecule has 8 heteroatoms. The van der Waals surface area contributed by atoms with Crippen molar-refractivity contribution in [1.29, 1.82) is 0 Å². The van der Waals surface area contributed by atoms with Crippen LogP contribution in [-0.2, 0) is 0 Å². The van der Waals surface area contributed by atoms with Crippen molar-refractivity contribution in [3.8, 4) is 11.4 Å². The van der Waals surface area contributed by atoms with Gasteiger partial charge in [0.25, 0.3) is 5.91 Å². The van der Waals surface area contributed by atoms with Crippen molar-refractivity contribution in [3.05, 3.63) is 53.7 Å². The van der Waals surface area contributed by atoms with Gasteiger partial charge < -0.3 is 13.9 Å². The predicted octanol–water partition coefficient (Wildman–Crippen LogP) is 3.37. The molecule has 8 nitrogen and oxygen atoms in total. The van der Waals surface area contributed by atoms with Crippen LogP contribution >= 0.6 is 0 Å². The lowest BCUT2D eigenvalue weighted by molar-refractivity contribution is 0.0516. The van der Waals surface area contributed by atoms with E-state index in [2.05, 4.69) is 20.2 Å². The molecule has 1 fully saturated rings. The first-order valence-electron chi connectivity index (χ1n) is 9.92. The van der Waals surface area contributed by atoms with Gasteiger partial charge in [0, 0.05) is 37.8 Å². The lowest BCUT2D eigenvalue weighted by Gasteiger charge is -2.36. The maximum atomic E-state index is 12.7. The SMILES string of the molecule is CC(C)c1cc(C(=O)N2CCN(C(C)c3nc(-c4ccccc4)no3)CC2)on1. The third kappa shape index (κ3) is 4.07. The maximum Gasteiger partial charge on any atom is 0.292 e. The normalized spacial score (nSPS) is 16.3. The van der Waals surface area contributed by atoms with E-state index >= 15 is 0 Å². The molecule has 1 aliphatic rings. The molecule has 3 aromatic rings. The Bertz CT molecular complexity index is 958. The second kappa shape index (κ2) is 8.16. The molecule has 0 saturated carbocycles. The van der Waals surface area contributed by atoms with Gasteiger partial charge in [0.1, 0.15) is 0 Å². The van der Waals surface area contributed by atoms with E-state index < -0.39 is 0 Å². The van der Waals surface area contributed by atoms with E-state index in [1.54, 1.807) is 11.0 Å². The molecule has 0 N–H and O–H groups in total. The fraction of sp³-hybridized carbons (Fsp3) is 0.429. The third-order valence-electron chi connectivity index (χ3n) is 5.31. The molecule has 1 atom stereocenters. The second-order valence-electron chi connectivity index (χ2n) is 7.60. The minimum atomic E-state index is -0.110. The predicted molar refractivity (Wildman–Crippen MR) is 106 cm³/mol. The van der Waals surface area contributed by atoms with Crippen molar-refractivity contribution in [1.82, 2.24) is 25.1 Å². The van der Waals surface area contributed by atoms with Crippen LogP contribution in [0.25, 0.3) is 11.4 Å². The van der Waals surface area contributed by atoms with Crippen molar-refractivity contribution in [2.75, 3.05) is 26.2 Å². The smallest absolute Gasteiger partial charge is 0.292 e. The molecule has 152 valence electrons. The molecule has 4 rings (SSSR count). The van der Waals surface area contributed by atoms with E-state index in [1.807, 2.05) is 51.1 Å². The van der Waals surface area contributed by atoms with E-state index in [0.717, 1.165) is 24.3 Å². The first kappa shape index (κ1) is 19.3. The Hall–Kier alpha value is -3.00. The molecule has 0 aliphatic carbocycles. The highest BCUT2D eigenvalue weighted by atomic mass is 16.5. The van der Waals surface area contributed by atoms with Crippen LogP contribution in [0.2, 0.25) is 0 Å². The number of carbonyl (C=O) groups excluding carboxylic acids is 1. The van der Waals surface area contributed by atoms with Gasteiger partial charge in [-0.1, -0.05) is 54.5 Å². The fourth-order valence-electron chi connectivity index (χ4n) is 3.40. The lowest BCUT2D eigenvalue weighted by atomic mass is 10.1. The zero-order chi connectivity index (χ0) is 20.4. The number of rotatable bonds is 5. The average Bonchev–Trinajstić information content (AvgIpc) is 3.44. The van der Waals surface area contributed by atoms with E-state index in [9.17, 15) is 4.79 Å². The first-order chi connectivity index (χ1) is 14.0. The van der Waals surface area contributed by atoms with E-state index in [1.165, 1.54) is 0 Å². The molecule has 0 spiro atoms. The first-order valence-corrected chi connectivity index (χ1v) is 9.92. The standard InChI is InChI=1S/C21H25N5O3/c1-14(2)17-13-18(28-23-17)21(27)26-11-9-25(10-12-26)15(3)20-22-19(24-29-20)16-7-5-4-6-8-16/h4-8,13-15H,9-12H2,1-3H3. The highest BCUT2D eigenvalue weighted by Gasteiger charge is 2.29. The zero-order valence-corrected chi connectivity index (χ0v) is 16.9. The molecular formula is C21H25N5O3. The molecule has 0 radical (unpaired) electrons. The molecule has 1 unspecified atom stereocenters. The lowest BCUT2D eigenvalue weighted by Crippen LogP contribution is -2.49. The van der Waals surface area contributed by atoms with Gasteiger partial charge in [0.05, 0.1) is 11.7 Å². The molecule has 1 aromatic carbocycles. The minimum absolute atomic E-state index is 0.0185. The van der Waals surface area contributed by atoms with Crippen LogP contribution in [-0.4, -0.2) is 57.2 Å². The van der Waals surface area contributed by atoms with Crippen LogP contribution < -0.4 is 0 Å². The summed E-state index contributed by atoms with van der Waals surface area (Å²) < 4.78 is 10.7. The van der Waals surface area contributed by atoms with Crippen LogP contribution in [0.4, 0.5) is 0 Å².